The summed E-state index contributed by atoms with van der Waals surface area (Å²) in [6, 6.07) is 6.30. The molecular weight excluding hydrogens is 578 g/mol. The van der Waals surface area contributed by atoms with E-state index < -0.39 is 53.2 Å². The number of aromatic hydroxyl groups is 1. The number of ether oxygens (including phenoxy) is 2. The zero-order valence-electron chi connectivity index (χ0n) is 21.7. The number of amides is 1. The van der Waals surface area contributed by atoms with Crippen LogP contribution in [0.1, 0.15) is 52.2 Å². The van der Waals surface area contributed by atoms with E-state index in [4.69, 9.17) is 11.1 Å². The highest BCUT2D eigenvalue weighted by Crippen LogP contribution is 2.43. The first-order chi connectivity index (χ1) is 19.6. The maximum Gasteiger partial charge on any atom is 0.491 e. The van der Waals surface area contributed by atoms with Gasteiger partial charge in [0.25, 0.3) is 5.91 Å². The van der Waals surface area contributed by atoms with E-state index in [-0.39, 0.29) is 36.5 Å². The molecule has 1 fully saturated rings. The molecule has 228 valence electrons. The molecule has 0 saturated carbocycles. The maximum absolute atomic E-state index is 13.1. The first kappa shape index (κ1) is 32.2. The predicted octanol–water partition coefficient (Wildman–Crippen LogP) is 3.44. The Hall–Kier alpha value is -4.34. The van der Waals surface area contributed by atoms with E-state index in [1.54, 1.807) is 0 Å². The van der Waals surface area contributed by atoms with Gasteiger partial charge in [-0.2, -0.15) is 26.3 Å². The first-order valence-corrected chi connectivity index (χ1v) is 12.5. The van der Waals surface area contributed by atoms with Gasteiger partial charge in [0.05, 0.1) is 5.56 Å². The van der Waals surface area contributed by atoms with Crippen LogP contribution in [0.4, 0.5) is 26.3 Å². The monoisotopic (exact) mass is 604 g/mol. The number of alkyl halides is 6. The summed E-state index contributed by atoms with van der Waals surface area (Å²) >= 11 is 0. The molecule has 0 bridgehead atoms. The predicted molar refractivity (Wildman–Crippen MR) is 134 cm³/mol. The minimum Gasteiger partial charge on any atom is -0.508 e. The molecule has 3 rings (SSSR count). The van der Waals surface area contributed by atoms with Gasteiger partial charge in [0.2, 0.25) is 0 Å². The average molecular weight is 605 g/mol. The van der Waals surface area contributed by atoms with E-state index >= 15 is 0 Å². The Morgan fingerprint density at radius 1 is 0.976 bits per heavy atom. The van der Waals surface area contributed by atoms with Gasteiger partial charge in [-0.1, -0.05) is 6.07 Å². The van der Waals surface area contributed by atoms with Crippen LogP contribution in [0, 0.1) is 5.41 Å². The quantitative estimate of drug-likeness (QED) is 0.0726. The van der Waals surface area contributed by atoms with Crippen LogP contribution < -0.4 is 25.8 Å². The van der Waals surface area contributed by atoms with Crippen LogP contribution in [0.3, 0.4) is 0 Å². The Bertz CT molecular complexity index is 1360. The number of hydrogen-bond donors (Lipinski definition) is 5. The van der Waals surface area contributed by atoms with Gasteiger partial charge in [0, 0.05) is 17.7 Å². The molecule has 0 aliphatic carbocycles. The number of carbonyl (C=O) groups is 3. The van der Waals surface area contributed by atoms with Gasteiger partial charge in [-0.15, -0.1) is 0 Å². The molecular formula is C26H26F6N4O6. The van der Waals surface area contributed by atoms with Crippen molar-refractivity contribution in [1.29, 1.82) is 5.41 Å². The minimum atomic E-state index is -5.60. The molecule has 0 aromatic heterocycles. The summed E-state index contributed by atoms with van der Waals surface area (Å²) in [6.07, 6.45) is -10.2. The Morgan fingerprint density at radius 3 is 2.14 bits per heavy atom. The smallest absolute Gasteiger partial charge is 0.491 e. The fraction of sp³-hybridized carbons (Fsp3) is 0.385. The van der Waals surface area contributed by atoms with Crippen LogP contribution in [0.5, 0.6) is 17.2 Å². The molecule has 0 spiro atoms. The second-order valence-electron chi connectivity index (χ2n) is 9.28. The first-order valence-electron chi connectivity index (χ1n) is 12.5. The number of phenolic OH excluding ortho intramolecular Hbond substituents is 1. The zero-order valence-corrected chi connectivity index (χ0v) is 21.7. The molecule has 10 nitrogen and oxygen atoms in total. The van der Waals surface area contributed by atoms with Crippen molar-refractivity contribution in [3.63, 3.8) is 0 Å². The summed E-state index contributed by atoms with van der Waals surface area (Å²) in [4.78, 5) is 36.5. The lowest BCUT2D eigenvalue weighted by Crippen LogP contribution is -2.33. The number of phenols is 1. The van der Waals surface area contributed by atoms with E-state index in [0.717, 1.165) is 12.1 Å². The molecule has 1 aliphatic heterocycles. The topological polar surface area (TPSA) is 164 Å². The highest BCUT2D eigenvalue weighted by Gasteiger charge is 2.45. The van der Waals surface area contributed by atoms with Crippen molar-refractivity contribution in [3.05, 3.63) is 52.6 Å². The van der Waals surface area contributed by atoms with E-state index in [1.807, 2.05) is 0 Å². The molecule has 16 heteroatoms. The van der Waals surface area contributed by atoms with E-state index in [2.05, 4.69) is 20.1 Å². The fourth-order valence-corrected chi connectivity index (χ4v) is 4.25. The van der Waals surface area contributed by atoms with Crippen molar-refractivity contribution in [3.8, 4) is 17.2 Å². The number of amidine groups is 1. The fourth-order valence-electron chi connectivity index (χ4n) is 4.25. The third-order valence-electron chi connectivity index (χ3n) is 6.32. The largest absolute Gasteiger partial charge is 0.508 e. The Morgan fingerprint density at radius 2 is 1.57 bits per heavy atom. The number of aryl methyl sites for hydroxylation is 1. The van der Waals surface area contributed by atoms with Crippen LogP contribution in [0.2, 0.25) is 0 Å². The normalized spacial score (nSPS) is 14.2. The molecule has 0 radical (unpaired) electrons. The number of esters is 2. The van der Waals surface area contributed by atoms with Crippen LogP contribution in [-0.2, 0) is 16.0 Å². The van der Waals surface area contributed by atoms with Gasteiger partial charge < -0.3 is 30.9 Å². The SMILES string of the molecule is N=C(N)c1ccc(O)c(CCCNC(=O)c2ccc(C3CCNCC3)c(OC(=O)C(F)(F)F)c2OC(=O)C(F)(F)F)c1. The van der Waals surface area contributed by atoms with E-state index in [0.29, 0.717) is 37.1 Å². The van der Waals surface area contributed by atoms with Gasteiger partial charge >= 0.3 is 24.3 Å². The van der Waals surface area contributed by atoms with E-state index in [1.165, 1.54) is 18.2 Å². The number of carbonyl (C=O) groups excluding carboxylic acids is 3. The molecule has 2 aromatic carbocycles. The van der Waals surface area contributed by atoms with E-state index in [9.17, 15) is 45.8 Å². The number of halogens is 6. The summed E-state index contributed by atoms with van der Waals surface area (Å²) in [6.45, 7) is 0.632. The Kier molecular flexibility index (Phi) is 10.0. The van der Waals surface area contributed by atoms with Crippen molar-refractivity contribution in [1.82, 2.24) is 10.6 Å². The second-order valence-corrected chi connectivity index (χ2v) is 9.28. The third kappa shape index (κ3) is 8.11. The van der Waals surface area contributed by atoms with Gasteiger partial charge in [-0.25, -0.2) is 9.59 Å². The van der Waals surface area contributed by atoms with Crippen LogP contribution in [0.15, 0.2) is 30.3 Å². The van der Waals surface area contributed by atoms with Crippen LogP contribution in [0.25, 0.3) is 0 Å². The number of hydrogen-bond acceptors (Lipinski definition) is 8. The molecule has 2 aromatic rings. The van der Waals surface area contributed by atoms with Crippen molar-refractivity contribution >= 4 is 23.7 Å². The number of nitrogens with one attached hydrogen (secondary N) is 3. The van der Waals surface area contributed by atoms with Crippen LogP contribution in [-0.4, -0.2) is 60.8 Å². The highest BCUT2D eigenvalue weighted by atomic mass is 19.4. The number of benzene rings is 2. The summed E-state index contributed by atoms with van der Waals surface area (Å²) < 4.78 is 87.5. The summed E-state index contributed by atoms with van der Waals surface area (Å²) in [7, 11) is 0. The number of nitrogen functional groups attached to an aromatic ring is 1. The molecule has 1 aliphatic rings. The average Bonchev–Trinajstić information content (AvgIpc) is 2.91. The Balaban J connectivity index is 1.94. The lowest BCUT2D eigenvalue weighted by Gasteiger charge is -2.26. The van der Waals surface area contributed by atoms with Gasteiger partial charge in [0.1, 0.15) is 11.6 Å². The second kappa shape index (κ2) is 13.1. The van der Waals surface area contributed by atoms with Crippen LogP contribution >= 0.6 is 0 Å². The molecule has 0 atom stereocenters. The molecule has 0 unspecified atom stereocenters. The molecule has 6 N–H and O–H groups in total. The maximum atomic E-state index is 13.1. The summed E-state index contributed by atoms with van der Waals surface area (Å²) in [5.41, 5.74) is 5.22. The van der Waals surface area contributed by atoms with Crippen molar-refractivity contribution < 1.29 is 55.3 Å². The molecule has 1 saturated heterocycles. The van der Waals surface area contributed by atoms with Crippen molar-refractivity contribution in [2.45, 2.75) is 44.0 Å². The van der Waals surface area contributed by atoms with Crippen molar-refractivity contribution in [2.75, 3.05) is 19.6 Å². The third-order valence-corrected chi connectivity index (χ3v) is 6.32. The van der Waals surface area contributed by atoms with Gasteiger partial charge in [0.15, 0.2) is 11.5 Å². The number of nitrogens with two attached hydrogens (primary N) is 1. The molecule has 42 heavy (non-hydrogen) atoms. The molecule has 1 heterocycles. The highest BCUT2D eigenvalue weighted by molar-refractivity contribution is 5.99. The van der Waals surface area contributed by atoms with Gasteiger partial charge in [-0.05, 0) is 74.5 Å². The lowest BCUT2D eigenvalue weighted by molar-refractivity contribution is -0.191. The number of rotatable bonds is 9. The standard InChI is InChI=1S/C26H26F6N4O6/c27-25(28,29)23(39)41-19-16(13-7-10-35-11-8-13)4-5-17(20(19)42-24(40)26(30,31)32)22(38)36-9-1-2-14-12-15(21(33)34)3-6-18(14)37/h3-6,12-13,35,37H,1-2,7-11H2,(H3,33,34)(H,36,38). The van der Waals surface area contributed by atoms with Gasteiger partial charge in [-0.3, -0.25) is 10.2 Å². The Labute approximate surface area is 234 Å². The lowest BCUT2D eigenvalue weighted by atomic mass is 9.88. The minimum absolute atomic E-state index is 0.114. The number of piperidine rings is 1. The molecule has 1 amide bonds. The summed E-state index contributed by atoms with van der Waals surface area (Å²) in [5, 5.41) is 22.9. The van der Waals surface area contributed by atoms with Crippen molar-refractivity contribution in [2.24, 2.45) is 5.73 Å². The zero-order chi connectivity index (χ0) is 31.2. The summed E-state index contributed by atoms with van der Waals surface area (Å²) in [5.74, 6) is -10.1.